The predicted molar refractivity (Wildman–Crippen MR) is 91.0 cm³/mol. The number of rotatable bonds is 2. The van der Waals surface area contributed by atoms with Crippen LogP contribution in [0.15, 0.2) is 60.7 Å². The molecule has 0 spiro atoms. The van der Waals surface area contributed by atoms with Gasteiger partial charge < -0.3 is 0 Å². The number of thiophene rings is 1. The Morgan fingerprint density at radius 3 is 2.70 bits per heavy atom. The molecule has 20 heavy (non-hydrogen) atoms. The van der Waals surface area contributed by atoms with E-state index >= 15 is 0 Å². The molecule has 0 aliphatic carbocycles. The summed E-state index contributed by atoms with van der Waals surface area (Å²) in [6, 6.07) is 15.1. The van der Waals surface area contributed by atoms with E-state index in [9.17, 15) is 0 Å². The summed E-state index contributed by atoms with van der Waals surface area (Å²) in [5.41, 5.74) is 2.24. The molecular weight excluding hydrogens is 260 g/mol. The van der Waals surface area contributed by atoms with Crippen LogP contribution in [0.3, 0.4) is 0 Å². The minimum Gasteiger partial charge on any atom is -0.135 e. The molecule has 0 atom stereocenters. The Bertz CT molecular complexity index is 870. The maximum absolute atomic E-state index is 5.42. The number of hydrogen-bond acceptors (Lipinski definition) is 1. The zero-order chi connectivity index (χ0) is 13.9. The fraction of sp³-hybridized carbons (Fsp3) is 0.0526. The first kappa shape index (κ1) is 12.7. The fourth-order valence-corrected chi connectivity index (χ4v) is 3.49. The van der Waals surface area contributed by atoms with Gasteiger partial charge in [-0.2, -0.15) is 0 Å². The molecule has 0 aliphatic heterocycles. The van der Waals surface area contributed by atoms with E-state index in [0.717, 1.165) is 11.1 Å². The van der Waals surface area contributed by atoms with Gasteiger partial charge in [0.2, 0.25) is 0 Å². The van der Waals surface area contributed by atoms with Crippen molar-refractivity contribution in [3.63, 3.8) is 0 Å². The molecule has 0 fully saturated rings. The van der Waals surface area contributed by atoms with Gasteiger partial charge in [0, 0.05) is 20.2 Å². The second-order valence-electron chi connectivity index (χ2n) is 4.58. The highest BCUT2D eigenvalue weighted by Gasteiger charge is 2.06. The molecule has 0 aliphatic rings. The molecule has 0 radical (unpaired) electrons. The van der Waals surface area contributed by atoms with E-state index < -0.39 is 0 Å². The van der Waals surface area contributed by atoms with E-state index in [0.29, 0.717) is 0 Å². The van der Waals surface area contributed by atoms with Crippen LogP contribution in [-0.4, -0.2) is 0 Å². The molecule has 0 saturated carbocycles. The summed E-state index contributed by atoms with van der Waals surface area (Å²) in [6.07, 6.45) is 11.3. The summed E-state index contributed by atoms with van der Waals surface area (Å²) in [4.78, 5) is 0. The van der Waals surface area contributed by atoms with Crippen LogP contribution < -0.4 is 0 Å². The van der Waals surface area contributed by atoms with E-state index in [1.807, 2.05) is 30.4 Å². The lowest BCUT2D eigenvalue weighted by Crippen LogP contribution is -1.80. The van der Waals surface area contributed by atoms with Gasteiger partial charge in [0.15, 0.2) is 0 Å². The second-order valence-corrected chi connectivity index (χ2v) is 5.66. The zero-order valence-corrected chi connectivity index (χ0v) is 12.1. The quantitative estimate of drug-likeness (QED) is 0.418. The number of hydrogen-bond donors (Lipinski definition) is 0. The van der Waals surface area contributed by atoms with E-state index in [1.54, 1.807) is 0 Å². The van der Waals surface area contributed by atoms with Crippen LogP contribution in [0.25, 0.3) is 25.7 Å². The Hall–Kier alpha value is -2.30. The van der Waals surface area contributed by atoms with Gasteiger partial charge in [-0.25, -0.2) is 0 Å². The average Bonchev–Trinajstić information content (AvgIpc) is 2.85. The molecule has 0 unspecified atom stereocenters. The van der Waals surface area contributed by atoms with Crippen LogP contribution in [0.1, 0.15) is 12.5 Å². The third-order valence-electron chi connectivity index (χ3n) is 3.30. The predicted octanol–water partition coefficient (Wildman–Crippen LogP) is 5.65. The molecule has 1 heteroatoms. The topological polar surface area (TPSA) is 0 Å². The van der Waals surface area contributed by atoms with Crippen molar-refractivity contribution >= 4 is 37.1 Å². The van der Waals surface area contributed by atoms with Crippen LogP contribution in [0.5, 0.6) is 0 Å². The molecule has 1 aromatic heterocycles. The van der Waals surface area contributed by atoms with Gasteiger partial charge in [0.1, 0.15) is 0 Å². The smallest absolute Gasteiger partial charge is 0.0355 e. The molecule has 0 N–H and O–H groups in total. The van der Waals surface area contributed by atoms with E-state index in [-0.39, 0.29) is 0 Å². The van der Waals surface area contributed by atoms with Gasteiger partial charge in [-0.15, -0.1) is 17.8 Å². The van der Waals surface area contributed by atoms with Crippen molar-refractivity contribution in [3.8, 4) is 12.3 Å². The van der Waals surface area contributed by atoms with Crippen LogP contribution in [0.4, 0.5) is 0 Å². The summed E-state index contributed by atoms with van der Waals surface area (Å²) in [6.45, 7) is 2.00. The molecule has 2 aromatic carbocycles. The van der Waals surface area contributed by atoms with Crippen LogP contribution in [-0.2, 0) is 0 Å². The van der Waals surface area contributed by atoms with E-state index in [1.165, 1.54) is 20.2 Å². The van der Waals surface area contributed by atoms with Gasteiger partial charge in [0.25, 0.3) is 0 Å². The second kappa shape index (κ2) is 5.36. The molecule has 3 aromatic rings. The molecule has 0 saturated heterocycles. The lowest BCUT2D eigenvalue weighted by atomic mass is 10.0. The summed E-state index contributed by atoms with van der Waals surface area (Å²) in [5, 5.41) is 2.62. The van der Waals surface area contributed by atoms with Crippen molar-refractivity contribution in [2.24, 2.45) is 0 Å². The van der Waals surface area contributed by atoms with Crippen molar-refractivity contribution in [2.45, 2.75) is 6.92 Å². The Morgan fingerprint density at radius 1 is 1.10 bits per heavy atom. The Morgan fingerprint density at radius 2 is 1.90 bits per heavy atom. The summed E-state index contributed by atoms with van der Waals surface area (Å²) in [7, 11) is 0. The lowest BCUT2D eigenvalue weighted by Gasteiger charge is -2.02. The SMILES string of the molecule is C#C/C=C(\C=C/C)c1ccc2sc3ccccc3c2c1. The van der Waals surface area contributed by atoms with Crippen molar-refractivity contribution in [1.29, 1.82) is 0 Å². The average molecular weight is 274 g/mol. The normalized spacial score (nSPS) is 12.3. The van der Waals surface area contributed by atoms with Crippen LogP contribution in [0.2, 0.25) is 0 Å². The standard InChI is InChI=1S/C19H14S/c1-3-7-14(8-4-2)15-11-12-19-17(13-15)16-9-5-6-10-18(16)20-19/h1,4-13H,2H3/b8-4-,14-7+. The van der Waals surface area contributed by atoms with Gasteiger partial charge >= 0.3 is 0 Å². The van der Waals surface area contributed by atoms with Gasteiger partial charge in [-0.05, 0) is 42.3 Å². The fourth-order valence-electron chi connectivity index (χ4n) is 2.40. The highest BCUT2D eigenvalue weighted by Crippen LogP contribution is 2.35. The van der Waals surface area contributed by atoms with Gasteiger partial charge in [-0.3, -0.25) is 0 Å². The largest absolute Gasteiger partial charge is 0.135 e. The third kappa shape index (κ3) is 2.15. The molecule has 3 rings (SSSR count). The minimum atomic E-state index is 1.08. The number of fused-ring (bicyclic) bond motifs is 3. The highest BCUT2D eigenvalue weighted by molar-refractivity contribution is 7.25. The van der Waals surface area contributed by atoms with Crippen molar-refractivity contribution < 1.29 is 0 Å². The Labute approximate surface area is 123 Å². The van der Waals surface area contributed by atoms with Crippen LogP contribution >= 0.6 is 11.3 Å². The van der Waals surface area contributed by atoms with E-state index in [4.69, 9.17) is 6.42 Å². The summed E-state index contributed by atoms with van der Waals surface area (Å²) < 4.78 is 2.64. The molecule has 0 amide bonds. The molecule has 1 heterocycles. The van der Waals surface area contributed by atoms with Crippen molar-refractivity contribution in [1.82, 2.24) is 0 Å². The number of allylic oxidation sites excluding steroid dienone is 4. The molecule has 96 valence electrons. The third-order valence-corrected chi connectivity index (χ3v) is 4.45. The first-order valence-corrected chi connectivity index (χ1v) is 7.36. The van der Waals surface area contributed by atoms with Gasteiger partial charge in [-0.1, -0.05) is 42.3 Å². The maximum Gasteiger partial charge on any atom is 0.0355 e. The first-order valence-electron chi connectivity index (χ1n) is 6.54. The van der Waals surface area contributed by atoms with Gasteiger partial charge in [0.05, 0.1) is 0 Å². The molecule has 0 bridgehead atoms. The summed E-state index contributed by atoms with van der Waals surface area (Å²) >= 11 is 1.83. The lowest BCUT2D eigenvalue weighted by molar-refractivity contribution is 1.67. The summed E-state index contributed by atoms with van der Waals surface area (Å²) in [5.74, 6) is 2.62. The monoisotopic (exact) mass is 274 g/mol. The number of benzene rings is 2. The van der Waals surface area contributed by atoms with Crippen LogP contribution in [0, 0.1) is 12.3 Å². The highest BCUT2D eigenvalue weighted by atomic mass is 32.1. The molecule has 0 nitrogen and oxygen atoms in total. The van der Waals surface area contributed by atoms with E-state index in [2.05, 4.69) is 54.5 Å². The molecular formula is C19H14S. The Kier molecular flexibility index (Phi) is 3.41. The first-order chi connectivity index (χ1) is 9.83. The van der Waals surface area contributed by atoms with Crippen molar-refractivity contribution in [2.75, 3.05) is 0 Å². The zero-order valence-electron chi connectivity index (χ0n) is 11.3. The van der Waals surface area contributed by atoms with Crippen molar-refractivity contribution in [3.05, 3.63) is 66.3 Å². The maximum atomic E-state index is 5.42. The minimum absolute atomic E-state index is 1.08. The Balaban J connectivity index is 2.26. The number of terminal acetylenes is 1.